The van der Waals surface area contributed by atoms with Gasteiger partial charge in [-0.3, -0.25) is 0 Å². The molecule has 1 rings (SSSR count). The summed E-state index contributed by atoms with van der Waals surface area (Å²) >= 11 is 0. The van der Waals surface area contributed by atoms with E-state index in [0.717, 1.165) is 12.1 Å². The Bertz CT molecular complexity index is 482. The second kappa shape index (κ2) is 5.23. The summed E-state index contributed by atoms with van der Waals surface area (Å²) in [7, 11) is 0. The lowest BCUT2D eigenvalue weighted by Crippen LogP contribution is -2.08. The number of hydrogen-bond acceptors (Lipinski definition) is 4. The van der Waals surface area contributed by atoms with Gasteiger partial charge in [0, 0.05) is 0 Å². The first kappa shape index (κ1) is 12.9. The van der Waals surface area contributed by atoms with E-state index in [1.54, 1.807) is 0 Å². The Morgan fingerprint density at radius 3 is 2.59 bits per heavy atom. The number of rotatable bonds is 4. The first-order valence-corrected chi connectivity index (χ1v) is 4.35. The Balaban J connectivity index is 3.40. The van der Waals surface area contributed by atoms with Crippen LogP contribution in [0, 0.1) is 11.3 Å². The molecule has 7 heteroatoms. The number of hydrogen-bond donors (Lipinski definition) is 2. The van der Waals surface area contributed by atoms with Crippen molar-refractivity contribution in [2.45, 2.75) is 13.2 Å². The highest BCUT2D eigenvalue weighted by molar-refractivity contribution is 5.92. The van der Waals surface area contributed by atoms with Gasteiger partial charge in [0.1, 0.15) is 17.4 Å². The van der Waals surface area contributed by atoms with Gasteiger partial charge in [-0.05, 0) is 17.7 Å². The van der Waals surface area contributed by atoms with Crippen molar-refractivity contribution >= 4 is 5.97 Å². The van der Waals surface area contributed by atoms with Gasteiger partial charge in [0.25, 0.3) is 0 Å². The fourth-order valence-corrected chi connectivity index (χ4v) is 1.24. The fourth-order valence-electron chi connectivity index (χ4n) is 1.24. The molecule has 0 aliphatic heterocycles. The Kier molecular flexibility index (Phi) is 3.96. The lowest BCUT2D eigenvalue weighted by molar-refractivity contribution is -0.0502. The Hall–Kier alpha value is -2.20. The zero-order chi connectivity index (χ0) is 13.0. The second-order valence-electron chi connectivity index (χ2n) is 2.97. The van der Waals surface area contributed by atoms with Gasteiger partial charge in [-0.2, -0.15) is 14.0 Å². The summed E-state index contributed by atoms with van der Waals surface area (Å²) in [6, 6.07) is 3.51. The molecule has 0 aromatic heterocycles. The molecular weight excluding hydrogens is 236 g/mol. The van der Waals surface area contributed by atoms with E-state index in [1.807, 2.05) is 0 Å². The van der Waals surface area contributed by atoms with Crippen molar-refractivity contribution in [1.29, 1.82) is 5.26 Å². The largest absolute Gasteiger partial charge is 0.478 e. The minimum Gasteiger partial charge on any atom is -0.478 e. The molecule has 0 saturated carbocycles. The zero-order valence-corrected chi connectivity index (χ0v) is 8.35. The van der Waals surface area contributed by atoms with E-state index in [2.05, 4.69) is 4.74 Å². The maximum absolute atomic E-state index is 12.1. The van der Waals surface area contributed by atoms with Gasteiger partial charge in [-0.25, -0.2) is 4.79 Å². The molecule has 2 N–H and O–H groups in total. The number of nitriles is 1. The van der Waals surface area contributed by atoms with E-state index >= 15 is 0 Å². The number of aromatic carboxylic acids is 1. The first-order chi connectivity index (χ1) is 7.99. The number of carbonyl (C=O) groups is 1. The van der Waals surface area contributed by atoms with Gasteiger partial charge in [-0.15, -0.1) is 0 Å². The van der Waals surface area contributed by atoms with Crippen LogP contribution in [0.15, 0.2) is 12.1 Å². The molecule has 1 aromatic rings. The van der Waals surface area contributed by atoms with Crippen LogP contribution in [0.2, 0.25) is 0 Å². The van der Waals surface area contributed by atoms with Crippen molar-refractivity contribution in [2.24, 2.45) is 0 Å². The van der Waals surface area contributed by atoms with E-state index in [4.69, 9.17) is 15.5 Å². The molecule has 0 fully saturated rings. The molecule has 0 heterocycles. The van der Waals surface area contributed by atoms with Crippen LogP contribution in [0.3, 0.4) is 0 Å². The lowest BCUT2D eigenvalue weighted by atomic mass is 10.0. The average molecular weight is 243 g/mol. The van der Waals surface area contributed by atoms with E-state index in [-0.39, 0.29) is 5.56 Å². The molecule has 0 radical (unpaired) electrons. The van der Waals surface area contributed by atoms with Crippen molar-refractivity contribution in [1.82, 2.24) is 0 Å². The lowest BCUT2D eigenvalue weighted by Gasteiger charge is -2.10. The van der Waals surface area contributed by atoms with Gasteiger partial charge in [0.2, 0.25) is 0 Å². The molecule has 0 bridgehead atoms. The van der Waals surface area contributed by atoms with Crippen LogP contribution in [0.4, 0.5) is 8.78 Å². The molecule has 0 spiro atoms. The number of aliphatic hydroxyl groups excluding tert-OH is 1. The summed E-state index contributed by atoms with van der Waals surface area (Å²) in [4.78, 5) is 10.8. The number of carboxylic acids is 1. The number of alkyl halides is 2. The highest BCUT2D eigenvalue weighted by Crippen LogP contribution is 2.26. The Labute approximate surface area is 94.5 Å². The number of carboxylic acid groups (broad SMARTS) is 1. The Morgan fingerprint density at radius 1 is 1.53 bits per heavy atom. The van der Waals surface area contributed by atoms with Crippen molar-refractivity contribution in [3.8, 4) is 11.8 Å². The molecule has 17 heavy (non-hydrogen) atoms. The number of benzene rings is 1. The van der Waals surface area contributed by atoms with Gasteiger partial charge in [0.05, 0.1) is 12.2 Å². The molecule has 0 amide bonds. The van der Waals surface area contributed by atoms with Crippen LogP contribution in [0.5, 0.6) is 5.75 Å². The molecular formula is C10H7F2NO4. The van der Waals surface area contributed by atoms with Crippen LogP contribution in [-0.2, 0) is 6.61 Å². The number of nitrogens with zero attached hydrogens (tertiary/aromatic N) is 1. The third kappa shape index (κ3) is 2.89. The summed E-state index contributed by atoms with van der Waals surface area (Å²) in [5.74, 6) is -2.03. The minimum atomic E-state index is -3.18. The summed E-state index contributed by atoms with van der Waals surface area (Å²) in [6.45, 7) is -3.73. The molecule has 0 saturated heterocycles. The zero-order valence-electron chi connectivity index (χ0n) is 8.35. The molecule has 0 unspecified atom stereocenters. The SMILES string of the molecule is N#Cc1c(OC(F)F)cc(CO)cc1C(=O)O. The van der Waals surface area contributed by atoms with Gasteiger partial charge in [-0.1, -0.05) is 0 Å². The third-order valence-corrected chi connectivity index (χ3v) is 1.90. The van der Waals surface area contributed by atoms with E-state index < -0.39 is 36.1 Å². The van der Waals surface area contributed by atoms with Crippen LogP contribution in [-0.4, -0.2) is 22.8 Å². The summed E-state index contributed by atoms with van der Waals surface area (Å²) in [6.07, 6.45) is 0. The number of ether oxygens (including phenoxy) is 1. The predicted molar refractivity (Wildman–Crippen MR) is 50.7 cm³/mol. The molecule has 0 atom stereocenters. The standard InChI is InChI=1S/C10H7F2NO4/c11-10(12)17-8-2-5(4-14)1-6(9(15)16)7(8)3-13/h1-2,10,14H,4H2,(H,15,16). The van der Waals surface area contributed by atoms with Gasteiger partial charge < -0.3 is 14.9 Å². The van der Waals surface area contributed by atoms with Crippen LogP contribution in [0.25, 0.3) is 0 Å². The topological polar surface area (TPSA) is 90.5 Å². The van der Waals surface area contributed by atoms with Crippen LogP contribution < -0.4 is 4.74 Å². The fraction of sp³-hybridized carbons (Fsp3) is 0.200. The van der Waals surface area contributed by atoms with Crippen molar-refractivity contribution < 1.29 is 28.5 Å². The van der Waals surface area contributed by atoms with Gasteiger partial charge in [0.15, 0.2) is 0 Å². The summed E-state index contributed by atoms with van der Waals surface area (Å²) in [5.41, 5.74) is -0.929. The molecule has 90 valence electrons. The highest BCUT2D eigenvalue weighted by atomic mass is 19.3. The Morgan fingerprint density at radius 2 is 2.18 bits per heavy atom. The second-order valence-corrected chi connectivity index (χ2v) is 2.97. The monoisotopic (exact) mass is 243 g/mol. The predicted octanol–water partition coefficient (Wildman–Crippen LogP) is 1.35. The molecule has 5 nitrogen and oxygen atoms in total. The third-order valence-electron chi connectivity index (χ3n) is 1.90. The quantitative estimate of drug-likeness (QED) is 0.832. The maximum atomic E-state index is 12.1. The van der Waals surface area contributed by atoms with E-state index in [9.17, 15) is 13.6 Å². The first-order valence-electron chi connectivity index (χ1n) is 4.35. The van der Waals surface area contributed by atoms with E-state index in [0.29, 0.717) is 0 Å². The molecule has 1 aromatic carbocycles. The normalized spacial score (nSPS) is 10.1. The number of aliphatic hydroxyl groups is 1. The number of halogens is 2. The van der Waals surface area contributed by atoms with Crippen molar-refractivity contribution in [3.63, 3.8) is 0 Å². The molecule has 0 aliphatic rings. The summed E-state index contributed by atoms with van der Waals surface area (Å²) in [5, 5.41) is 26.4. The van der Waals surface area contributed by atoms with Crippen molar-refractivity contribution in [2.75, 3.05) is 0 Å². The van der Waals surface area contributed by atoms with E-state index in [1.165, 1.54) is 6.07 Å². The smallest absolute Gasteiger partial charge is 0.387 e. The summed E-state index contributed by atoms with van der Waals surface area (Å²) < 4.78 is 28.2. The van der Waals surface area contributed by atoms with Crippen molar-refractivity contribution in [3.05, 3.63) is 28.8 Å². The highest BCUT2D eigenvalue weighted by Gasteiger charge is 2.19. The minimum absolute atomic E-state index is 0.0667. The van der Waals surface area contributed by atoms with Gasteiger partial charge >= 0.3 is 12.6 Å². The maximum Gasteiger partial charge on any atom is 0.387 e. The van der Waals surface area contributed by atoms with Crippen LogP contribution >= 0.6 is 0 Å². The van der Waals surface area contributed by atoms with Crippen LogP contribution in [0.1, 0.15) is 21.5 Å². The average Bonchev–Trinajstić information content (AvgIpc) is 2.26. The molecule has 0 aliphatic carbocycles.